The number of fused-ring (bicyclic) bond motifs is 1. The Morgan fingerprint density at radius 2 is 2.10 bits per heavy atom. The van der Waals surface area contributed by atoms with E-state index in [4.69, 9.17) is 10.00 Å². The van der Waals surface area contributed by atoms with Gasteiger partial charge in [-0.2, -0.15) is 19.9 Å². The van der Waals surface area contributed by atoms with Crippen LogP contribution in [-0.4, -0.2) is 56.5 Å². The number of pyridine rings is 1. The van der Waals surface area contributed by atoms with Crippen LogP contribution in [0.15, 0.2) is 35.7 Å². The average Bonchev–Trinajstić information content (AvgIpc) is 3.37. The van der Waals surface area contributed by atoms with Crippen molar-refractivity contribution in [1.29, 1.82) is 5.26 Å². The van der Waals surface area contributed by atoms with Crippen molar-refractivity contribution in [3.63, 3.8) is 0 Å². The maximum atomic E-state index is 14.2. The molecule has 1 N–H and O–H groups in total. The first-order valence-corrected chi connectivity index (χ1v) is 9.49. The number of rotatable bonds is 3. The molecule has 0 saturated carbocycles. The largest absolute Gasteiger partial charge is 0.484 e. The van der Waals surface area contributed by atoms with Crippen LogP contribution in [0.1, 0.15) is 23.6 Å². The van der Waals surface area contributed by atoms with Crippen LogP contribution < -0.4 is 4.74 Å². The molecule has 1 atom stereocenters. The third kappa shape index (κ3) is 3.31. The molecule has 0 radical (unpaired) electrons. The number of hydrogen-bond acceptors (Lipinski definition) is 6. The lowest BCUT2D eigenvalue weighted by atomic mass is 10.1. The quantitative estimate of drug-likeness (QED) is 0.697. The molecule has 4 heterocycles. The summed E-state index contributed by atoms with van der Waals surface area (Å²) in [5.74, 6) is -1.46. The van der Waals surface area contributed by atoms with Gasteiger partial charge in [0, 0.05) is 31.1 Å². The number of ether oxygens (including phenoxy) is 1. The second-order valence-corrected chi connectivity index (χ2v) is 7.28. The smallest absolute Gasteiger partial charge is 0.341 e. The predicted molar refractivity (Wildman–Crippen MR) is 104 cm³/mol. The fourth-order valence-electron chi connectivity index (χ4n) is 3.64. The van der Waals surface area contributed by atoms with E-state index in [1.807, 2.05) is 6.07 Å². The maximum Gasteiger partial charge on any atom is 0.341 e. The molecule has 2 aliphatic heterocycles. The summed E-state index contributed by atoms with van der Waals surface area (Å²) in [7, 11) is 0. The zero-order valence-corrected chi connectivity index (χ0v) is 16.0. The van der Waals surface area contributed by atoms with Gasteiger partial charge in [-0.25, -0.2) is 14.2 Å². The number of aromatic nitrogens is 3. The van der Waals surface area contributed by atoms with Gasteiger partial charge in [0.1, 0.15) is 12.2 Å². The summed E-state index contributed by atoms with van der Waals surface area (Å²) >= 11 is 0. The van der Waals surface area contributed by atoms with E-state index in [-0.39, 0.29) is 41.8 Å². The molecule has 2 aliphatic rings. The molecule has 0 spiro atoms. The SMILES string of the molecule is N#Cc1cncc(C2CC=NN2C(=O)N2CC(Oc3cc4n[nH]c(F)c4cc3F)C2)c1. The molecule has 1 saturated heterocycles. The van der Waals surface area contributed by atoms with E-state index in [0.29, 0.717) is 12.0 Å². The molecule has 1 fully saturated rings. The van der Waals surface area contributed by atoms with E-state index in [2.05, 4.69) is 20.3 Å². The Bertz CT molecular complexity index is 1250. The minimum absolute atomic E-state index is 0.0446. The summed E-state index contributed by atoms with van der Waals surface area (Å²) in [5.41, 5.74) is 1.38. The molecule has 3 aromatic rings. The fraction of sp³-hybridized carbons (Fsp3) is 0.250. The molecule has 2 aromatic heterocycles. The van der Waals surface area contributed by atoms with Gasteiger partial charge in [-0.15, -0.1) is 0 Å². The van der Waals surface area contributed by atoms with E-state index in [1.165, 1.54) is 22.2 Å². The van der Waals surface area contributed by atoms with Crippen LogP contribution in [0.5, 0.6) is 5.75 Å². The van der Waals surface area contributed by atoms with Crippen molar-refractivity contribution in [3.05, 3.63) is 53.5 Å². The van der Waals surface area contributed by atoms with Gasteiger partial charge >= 0.3 is 6.03 Å². The number of benzene rings is 1. The number of amides is 2. The maximum absolute atomic E-state index is 14.2. The number of H-pyrrole nitrogens is 1. The average molecular weight is 423 g/mol. The molecule has 156 valence electrons. The molecule has 2 amide bonds. The third-order valence-corrected chi connectivity index (χ3v) is 5.27. The summed E-state index contributed by atoms with van der Waals surface area (Å²) < 4.78 is 33.3. The number of halogens is 2. The summed E-state index contributed by atoms with van der Waals surface area (Å²) in [5, 5.41) is 20.6. The highest BCUT2D eigenvalue weighted by Gasteiger charge is 2.39. The van der Waals surface area contributed by atoms with Crippen LogP contribution in [0.3, 0.4) is 0 Å². The molecule has 11 heteroatoms. The van der Waals surface area contributed by atoms with Crippen LogP contribution in [-0.2, 0) is 0 Å². The molecule has 1 unspecified atom stereocenters. The lowest BCUT2D eigenvalue weighted by Crippen LogP contribution is -2.58. The first-order chi connectivity index (χ1) is 15.0. The fourth-order valence-corrected chi connectivity index (χ4v) is 3.64. The second-order valence-electron chi connectivity index (χ2n) is 7.28. The highest BCUT2D eigenvalue weighted by molar-refractivity contribution is 5.80. The Hall–Kier alpha value is -4.07. The minimum atomic E-state index is -0.711. The van der Waals surface area contributed by atoms with Crippen LogP contribution in [0.25, 0.3) is 10.9 Å². The zero-order valence-electron chi connectivity index (χ0n) is 16.0. The molecule has 9 nitrogen and oxygen atoms in total. The summed E-state index contributed by atoms with van der Waals surface area (Å²) in [6.07, 6.45) is 4.81. The van der Waals surface area contributed by atoms with Crippen molar-refractivity contribution in [2.24, 2.45) is 5.10 Å². The highest BCUT2D eigenvalue weighted by atomic mass is 19.1. The molecule has 31 heavy (non-hydrogen) atoms. The monoisotopic (exact) mass is 423 g/mol. The molecular formula is C20H15F2N7O2. The number of nitrogens with zero attached hydrogens (tertiary/aromatic N) is 6. The van der Waals surface area contributed by atoms with Gasteiger partial charge in [0.05, 0.1) is 35.6 Å². The Labute approximate surface area is 174 Å². The van der Waals surface area contributed by atoms with Crippen molar-refractivity contribution in [2.75, 3.05) is 13.1 Å². The minimum Gasteiger partial charge on any atom is -0.484 e. The van der Waals surface area contributed by atoms with Gasteiger partial charge in [-0.3, -0.25) is 10.1 Å². The van der Waals surface area contributed by atoms with Crippen molar-refractivity contribution >= 4 is 23.1 Å². The molecule has 0 bridgehead atoms. The van der Waals surface area contributed by atoms with E-state index >= 15 is 0 Å². The topological polar surface area (TPSA) is 110 Å². The Balaban J connectivity index is 1.24. The van der Waals surface area contributed by atoms with Crippen molar-refractivity contribution in [2.45, 2.75) is 18.6 Å². The number of likely N-dealkylation sites (tertiary alicyclic amines) is 1. The standard InChI is InChI=1S/C20H15F2N7O2/c21-15-4-14-16(26-27-19(14)22)5-18(15)31-13-9-28(10-13)20(30)29-17(1-2-25-29)12-3-11(6-23)7-24-8-12/h2-5,7-8,13,17H,1,9-10H2,(H,26,27). The van der Waals surface area contributed by atoms with Gasteiger partial charge in [0.15, 0.2) is 11.6 Å². The number of carbonyl (C=O) groups is 1. The first kappa shape index (κ1) is 18.9. The number of nitrogens with one attached hydrogen (secondary N) is 1. The Morgan fingerprint density at radius 3 is 2.90 bits per heavy atom. The van der Waals surface area contributed by atoms with Crippen molar-refractivity contribution in [3.8, 4) is 11.8 Å². The normalized spacial score (nSPS) is 18.3. The van der Waals surface area contributed by atoms with E-state index in [1.54, 1.807) is 18.5 Å². The van der Waals surface area contributed by atoms with Gasteiger partial charge < -0.3 is 9.64 Å². The van der Waals surface area contributed by atoms with Crippen molar-refractivity contribution < 1.29 is 18.3 Å². The van der Waals surface area contributed by atoms with E-state index < -0.39 is 17.9 Å². The highest BCUT2D eigenvalue weighted by Crippen LogP contribution is 2.31. The summed E-state index contributed by atoms with van der Waals surface area (Å²) in [4.78, 5) is 18.5. The van der Waals surface area contributed by atoms with Crippen LogP contribution in [0.2, 0.25) is 0 Å². The number of aromatic amines is 1. The molecule has 5 rings (SSSR count). The Kier molecular flexibility index (Phi) is 4.47. The van der Waals surface area contributed by atoms with Crippen LogP contribution in [0, 0.1) is 23.1 Å². The predicted octanol–water partition coefficient (Wildman–Crippen LogP) is 2.72. The summed E-state index contributed by atoms with van der Waals surface area (Å²) in [6.45, 7) is 0.501. The lowest BCUT2D eigenvalue weighted by Gasteiger charge is -2.41. The lowest BCUT2D eigenvalue weighted by molar-refractivity contribution is 0.0258. The van der Waals surface area contributed by atoms with Crippen LogP contribution >= 0.6 is 0 Å². The Morgan fingerprint density at radius 1 is 1.26 bits per heavy atom. The second kappa shape index (κ2) is 7.32. The van der Waals surface area contributed by atoms with Crippen LogP contribution in [0.4, 0.5) is 13.6 Å². The third-order valence-electron chi connectivity index (χ3n) is 5.27. The number of hydrazone groups is 1. The van der Waals surface area contributed by atoms with E-state index in [9.17, 15) is 13.6 Å². The van der Waals surface area contributed by atoms with Crippen molar-refractivity contribution in [1.82, 2.24) is 25.1 Å². The number of urea groups is 1. The molecular weight excluding hydrogens is 408 g/mol. The first-order valence-electron chi connectivity index (χ1n) is 9.49. The van der Waals surface area contributed by atoms with Gasteiger partial charge in [-0.1, -0.05) is 0 Å². The van der Waals surface area contributed by atoms with Gasteiger partial charge in [-0.05, 0) is 17.7 Å². The number of carbonyl (C=O) groups excluding carboxylic acids is 1. The molecule has 0 aliphatic carbocycles. The molecule has 1 aromatic carbocycles. The number of nitriles is 1. The zero-order chi connectivity index (χ0) is 21.5. The number of hydrogen-bond donors (Lipinski definition) is 1. The van der Waals surface area contributed by atoms with Gasteiger partial charge in [0.2, 0.25) is 5.95 Å². The van der Waals surface area contributed by atoms with E-state index in [0.717, 1.165) is 11.6 Å². The summed E-state index contributed by atoms with van der Waals surface area (Å²) in [6, 6.07) is 5.41. The van der Waals surface area contributed by atoms with Gasteiger partial charge in [0.25, 0.3) is 0 Å².